The van der Waals surface area contributed by atoms with Crippen molar-refractivity contribution < 1.29 is 10.0 Å². The average molecular weight is 296 g/mol. The van der Waals surface area contributed by atoms with Crippen molar-refractivity contribution in [1.29, 1.82) is 0 Å². The molecule has 0 saturated heterocycles. The smallest absolute Gasteiger partial charge is 0.178 e. The second-order valence-electron chi connectivity index (χ2n) is 6.02. The fourth-order valence-corrected chi connectivity index (χ4v) is 2.51. The van der Waals surface area contributed by atoms with E-state index in [0.29, 0.717) is 0 Å². The number of hydroxylamine groups is 1. The van der Waals surface area contributed by atoms with Gasteiger partial charge in [0.15, 0.2) is 5.78 Å². The van der Waals surface area contributed by atoms with Crippen LogP contribution in [0.2, 0.25) is 0 Å². The molecule has 0 fully saturated rings. The van der Waals surface area contributed by atoms with Crippen LogP contribution in [-0.4, -0.2) is 41.6 Å². The first-order valence-electron chi connectivity index (χ1n) is 8.58. The number of hydrogen-bond acceptors (Lipinski definition) is 4. The highest BCUT2D eigenvalue weighted by molar-refractivity contribution is 6.02. The Labute approximate surface area is 129 Å². The van der Waals surface area contributed by atoms with E-state index in [0.717, 1.165) is 37.8 Å². The Bertz CT molecular complexity index is 321. The van der Waals surface area contributed by atoms with Gasteiger partial charge in [0.05, 0.1) is 6.04 Å². The van der Waals surface area contributed by atoms with Gasteiger partial charge in [-0.2, -0.15) is 5.48 Å². The molecule has 0 aromatic carbocycles. The summed E-state index contributed by atoms with van der Waals surface area (Å²) in [5, 5.41) is 9.11. The number of ketones is 1. The third-order valence-electron chi connectivity index (χ3n) is 4.07. The lowest BCUT2D eigenvalue weighted by Crippen LogP contribution is -2.34. The zero-order valence-corrected chi connectivity index (χ0v) is 13.7. The van der Waals surface area contributed by atoms with E-state index in [-0.39, 0.29) is 5.78 Å². The highest BCUT2D eigenvalue weighted by Gasteiger charge is 2.25. The molecule has 0 aromatic rings. The monoisotopic (exact) mass is 296 g/mol. The molecule has 0 aliphatic heterocycles. The van der Waals surface area contributed by atoms with Gasteiger partial charge in [0.25, 0.3) is 0 Å². The van der Waals surface area contributed by atoms with E-state index in [9.17, 15) is 4.79 Å². The van der Waals surface area contributed by atoms with E-state index in [1.807, 2.05) is 6.08 Å². The van der Waals surface area contributed by atoms with E-state index >= 15 is 0 Å². The summed E-state index contributed by atoms with van der Waals surface area (Å²) in [5.41, 5.74) is 3.05. The van der Waals surface area contributed by atoms with Crippen LogP contribution in [0, 0.1) is 0 Å². The molecule has 0 spiro atoms. The van der Waals surface area contributed by atoms with Gasteiger partial charge in [-0.3, -0.25) is 4.79 Å². The summed E-state index contributed by atoms with van der Waals surface area (Å²) >= 11 is 0. The van der Waals surface area contributed by atoms with Crippen LogP contribution in [0.15, 0.2) is 11.6 Å². The molecule has 0 heterocycles. The normalized spacial score (nSPS) is 15.1. The largest absolute Gasteiger partial charge is 0.316 e. The van der Waals surface area contributed by atoms with Crippen molar-refractivity contribution in [3.63, 3.8) is 0 Å². The average Bonchev–Trinajstić information content (AvgIpc) is 3.33. The number of carbonyl (C=O) groups is 1. The molecule has 0 bridgehead atoms. The molecule has 21 heavy (non-hydrogen) atoms. The number of unbranched alkanes of at least 4 members (excludes halogenated alkanes) is 3. The van der Waals surface area contributed by atoms with Crippen LogP contribution >= 0.6 is 0 Å². The minimum atomic E-state index is -0.404. The Morgan fingerprint density at radius 3 is 2.24 bits per heavy atom. The summed E-state index contributed by atoms with van der Waals surface area (Å²) in [5.74, 6) is 0.0753. The predicted molar refractivity (Wildman–Crippen MR) is 86.5 cm³/mol. The van der Waals surface area contributed by atoms with E-state index in [1.54, 1.807) is 0 Å². The van der Waals surface area contributed by atoms with E-state index in [4.69, 9.17) is 5.21 Å². The quantitative estimate of drug-likeness (QED) is 0.381. The molecule has 122 valence electrons. The van der Waals surface area contributed by atoms with Crippen LogP contribution in [0.1, 0.15) is 65.2 Å². The van der Waals surface area contributed by atoms with Crippen LogP contribution in [-0.2, 0) is 4.79 Å². The molecular formula is C17H32N2O2. The van der Waals surface area contributed by atoms with Gasteiger partial charge < -0.3 is 10.1 Å². The van der Waals surface area contributed by atoms with Gasteiger partial charge in [-0.1, -0.05) is 39.2 Å². The SMILES string of the molecule is CCCCN(CCCC)CCCC[C@H](NO)C(=O)C1=CC1. The van der Waals surface area contributed by atoms with Gasteiger partial charge >= 0.3 is 0 Å². The maximum atomic E-state index is 11.8. The summed E-state index contributed by atoms with van der Waals surface area (Å²) in [6.45, 7) is 7.93. The van der Waals surface area contributed by atoms with E-state index in [2.05, 4.69) is 24.2 Å². The van der Waals surface area contributed by atoms with Crippen molar-refractivity contribution >= 4 is 5.78 Å². The Hall–Kier alpha value is -0.710. The van der Waals surface area contributed by atoms with Gasteiger partial charge in [0.2, 0.25) is 0 Å². The molecule has 1 rings (SSSR count). The molecule has 0 aromatic heterocycles. The summed E-state index contributed by atoms with van der Waals surface area (Å²) in [6.07, 6.45) is 10.5. The molecule has 4 heteroatoms. The second-order valence-corrected chi connectivity index (χ2v) is 6.02. The van der Waals surface area contributed by atoms with Gasteiger partial charge in [0, 0.05) is 0 Å². The Balaban J connectivity index is 2.18. The first kappa shape index (κ1) is 18.3. The third kappa shape index (κ3) is 7.74. The number of allylic oxidation sites excluding steroid dienone is 1. The highest BCUT2D eigenvalue weighted by atomic mass is 16.5. The van der Waals surface area contributed by atoms with Crippen molar-refractivity contribution in [1.82, 2.24) is 10.4 Å². The van der Waals surface area contributed by atoms with Crippen LogP contribution in [0.4, 0.5) is 0 Å². The summed E-state index contributed by atoms with van der Waals surface area (Å²) in [7, 11) is 0. The topological polar surface area (TPSA) is 52.6 Å². The molecule has 2 N–H and O–H groups in total. The van der Waals surface area contributed by atoms with Crippen LogP contribution in [0.3, 0.4) is 0 Å². The molecule has 4 nitrogen and oxygen atoms in total. The minimum absolute atomic E-state index is 0.0753. The lowest BCUT2D eigenvalue weighted by atomic mass is 10.0. The predicted octanol–water partition coefficient (Wildman–Crippen LogP) is 3.31. The maximum absolute atomic E-state index is 11.8. The van der Waals surface area contributed by atoms with Crippen molar-refractivity contribution in [2.24, 2.45) is 0 Å². The highest BCUT2D eigenvalue weighted by Crippen LogP contribution is 2.22. The molecule has 0 unspecified atom stereocenters. The first-order chi connectivity index (χ1) is 10.2. The van der Waals surface area contributed by atoms with Crippen molar-refractivity contribution in [3.8, 4) is 0 Å². The second kappa shape index (κ2) is 10.9. The Kier molecular flexibility index (Phi) is 9.55. The Morgan fingerprint density at radius 2 is 1.76 bits per heavy atom. The van der Waals surface area contributed by atoms with Gasteiger partial charge in [-0.25, -0.2) is 0 Å². The number of rotatable bonds is 14. The maximum Gasteiger partial charge on any atom is 0.178 e. The van der Waals surface area contributed by atoms with Crippen LogP contribution in [0.5, 0.6) is 0 Å². The fraction of sp³-hybridized carbons (Fsp3) is 0.824. The van der Waals surface area contributed by atoms with Gasteiger partial charge in [-0.05, 0) is 57.3 Å². The van der Waals surface area contributed by atoms with Gasteiger partial charge in [0.1, 0.15) is 0 Å². The molecule has 0 amide bonds. The standard InChI is InChI=1S/C17H32N2O2/c1-3-5-12-19(13-6-4-2)14-8-7-9-16(18-21)17(20)15-10-11-15/h10,16,18,21H,3-9,11-14H2,1-2H3/t16-/m0/s1. The Morgan fingerprint density at radius 1 is 1.19 bits per heavy atom. The zero-order valence-electron chi connectivity index (χ0n) is 13.7. The molecule has 1 aliphatic rings. The van der Waals surface area contributed by atoms with Crippen molar-refractivity contribution in [3.05, 3.63) is 11.6 Å². The number of carbonyl (C=O) groups excluding carboxylic acids is 1. The van der Waals surface area contributed by atoms with Crippen molar-refractivity contribution in [2.45, 2.75) is 71.3 Å². The van der Waals surface area contributed by atoms with E-state index in [1.165, 1.54) is 38.8 Å². The molecule has 1 aliphatic carbocycles. The number of Topliss-reactive ketones (excluding diaryl/α,β-unsaturated/α-hetero) is 1. The molecule has 0 saturated carbocycles. The molecule has 1 atom stereocenters. The minimum Gasteiger partial charge on any atom is -0.316 e. The lowest BCUT2D eigenvalue weighted by Gasteiger charge is -2.22. The van der Waals surface area contributed by atoms with Crippen molar-refractivity contribution in [2.75, 3.05) is 19.6 Å². The van der Waals surface area contributed by atoms with E-state index < -0.39 is 6.04 Å². The summed E-state index contributed by atoms with van der Waals surface area (Å²) in [6, 6.07) is -0.404. The summed E-state index contributed by atoms with van der Waals surface area (Å²) < 4.78 is 0. The van der Waals surface area contributed by atoms with Crippen LogP contribution < -0.4 is 5.48 Å². The molecule has 0 radical (unpaired) electrons. The fourth-order valence-electron chi connectivity index (χ4n) is 2.51. The third-order valence-corrected chi connectivity index (χ3v) is 4.07. The van der Waals surface area contributed by atoms with Crippen LogP contribution in [0.25, 0.3) is 0 Å². The molecular weight excluding hydrogens is 264 g/mol. The lowest BCUT2D eigenvalue weighted by molar-refractivity contribution is -0.119. The summed E-state index contributed by atoms with van der Waals surface area (Å²) in [4.78, 5) is 14.4. The number of hydrogen-bond donors (Lipinski definition) is 2. The number of nitrogens with zero attached hydrogens (tertiary/aromatic N) is 1. The zero-order chi connectivity index (χ0) is 15.5. The number of nitrogens with one attached hydrogen (secondary N) is 1. The first-order valence-corrected chi connectivity index (χ1v) is 8.58. The van der Waals surface area contributed by atoms with Gasteiger partial charge in [-0.15, -0.1) is 0 Å².